The second-order valence-electron chi connectivity index (χ2n) is 4.80. The summed E-state index contributed by atoms with van der Waals surface area (Å²) in [5.74, 6) is 0. The fraction of sp³-hybridized carbons (Fsp3) is 0.200. The Labute approximate surface area is 125 Å². The molecule has 0 radical (unpaired) electrons. The molecule has 102 valence electrons. The minimum Gasteiger partial charge on any atom is -0.331 e. The molecule has 1 aromatic carbocycles. The molecular weight excluding hydrogens is 288 g/mol. The number of hydrogen-bond donors (Lipinski definition) is 1. The summed E-state index contributed by atoms with van der Waals surface area (Å²) in [5.41, 5.74) is 3.07. The van der Waals surface area contributed by atoms with E-state index in [1.807, 2.05) is 49.6 Å². The summed E-state index contributed by atoms with van der Waals surface area (Å²) >= 11 is 6.81. The van der Waals surface area contributed by atoms with E-state index in [2.05, 4.69) is 4.98 Å². The maximum absolute atomic E-state index is 12.6. The third-order valence-electron chi connectivity index (χ3n) is 3.56. The average molecular weight is 302 g/mol. The lowest BCUT2D eigenvalue weighted by atomic mass is 10.0. The van der Waals surface area contributed by atoms with E-state index < -0.39 is 0 Å². The lowest BCUT2D eigenvalue weighted by Gasteiger charge is -2.17. The predicted molar refractivity (Wildman–Crippen MR) is 86.3 cm³/mol. The molecule has 0 aliphatic heterocycles. The Bertz CT molecular complexity index is 889. The summed E-state index contributed by atoms with van der Waals surface area (Å²) in [7, 11) is 0. The van der Waals surface area contributed by atoms with Gasteiger partial charge in [-0.25, -0.2) is 0 Å². The van der Waals surface area contributed by atoms with Crippen LogP contribution in [0.25, 0.3) is 10.2 Å². The summed E-state index contributed by atoms with van der Waals surface area (Å²) in [5, 5.41) is 1.90. The molecule has 1 N–H and O–H groups in total. The van der Waals surface area contributed by atoms with Gasteiger partial charge in [0.25, 0.3) is 5.56 Å². The van der Waals surface area contributed by atoms with Crippen molar-refractivity contribution in [2.75, 3.05) is 0 Å². The first-order valence-corrected chi connectivity index (χ1v) is 7.66. The predicted octanol–water partition coefficient (Wildman–Crippen LogP) is 4.04. The maximum Gasteiger partial charge on any atom is 0.272 e. The third-order valence-corrected chi connectivity index (χ3v) is 4.77. The van der Waals surface area contributed by atoms with Crippen LogP contribution in [0.4, 0.5) is 0 Å². The molecule has 3 aromatic rings. The first-order chi connectivity index (χ1) is 9.59. The first kappa shape index (κ1) is 13.3. The molecule has 0 amide bonds. The zero-order valence-corrected chi connectivity index (χ0v) is 12.8. The van der Waals surface area contributed by atoms with E-state index in [0.717, 1.165) is 21.3 Å². The molecule has 3 rings (SSSR count). The molecule has 0 saturated carbocycles. The second kappa shape index (κ2) is 5.00. The average Bonchev–Trinajstić information content (AvgIpc) is 2.87. The SMILES string of the molecule is Cc1ccccc1C(C)n1c(=S)[nH]c2ccsc2c1=O. The van der Waals surface area contributed by atoms with Crippen LogP contribution in [0.1, 0.15) is 24.1 Å². The van der Waals surface area contributed by atoms with Crippen LogP contribution in [0.2, 0.25) is 0 Å². The van der Waals surface area contributed by atoms with Gasteiger partial charge in [0, 0.05) is 0 Å². The lowest BCUT2D eigenvalue weighted by molar-refractivity contribution is 0.597. The highest BCUT2D eigenvalue weighted by molar-refractivity contribution is 7.71. The van der Waals surface area contributed by atoms with Crippen LogP contribution < -0.4 is 5.56 Å². The highest BCUT2D eigenvalue weighted by Crippen LogP contribution is 2.22. The first-order valence-electron chi connectivity index (χ1n) is 6.37. The van der Waals surface area contributed by atoms with Gasteiger partial charge < -0.3 is 4.98 Å². The number of benzene rings is 1. The van der Waals surface area contributed by atoms with Crippen LogP contribution in [-0.2, 0) is 0 Å². The van der Waals surface area contributed by atoms with Gasteiger partial charge in [-0.2, -0.15) is 0 Å². The molecule has 0 saturated heterocycles. The molecule has 0 bridgehead atoms. The molecular formula is C15H14N2OS2. The molecule has 3 nitrogen and oxygen atoms in total. The van der Waals surface area contributed by atoms with Crippen molar-refractivity contribution in [1.82, 2.24) is 9.55 Å². The Morgan fingerprint density at radius 1 is 1.30 bits per heavy atom. The van der Waals surface area contributed by atoms with Gasteiger partial charge in [0.05, 0.1) is 11.6 Å². The van der Waals surface area contributed by atoms with Gasteiger partial charge in [0.2, 0.25) is 0 Å². The summed E-state index contributed by atoms with van der Waals surface area (Å²) in [6, 6.07) is 9.88. The van der Waals surface area contributed by atoms with Crippen molar-refractivity contribution in [2.24, 2.45) is 0 Å². The number of nitrogens with zero attached hydrogens (tertiary/aromatic N) is 1. The monoisotopic (exact) mass is 302 g/mol. The number of thiophene rings is 1. The number of rotatable bonds is 2. The molecule has 0 spiro atoms. The van der Waals surface area contributed by atoms with Crippen molar-refractivity contribution in [2.45, 2.75) is 19.9 Å². The Balaban J connectivity index is 2.27. The van der Waals surface area contributed by atoms with Gasteiger partial charge in [-0.15, -0.1) is 11.3 Å². The Kier molecular flexibility index (Phi) is 3.31. The van der Waals surface area contributed by atoms with E-state index >= 15 is 0 Å². The standard InChI is InChI=1S/C15H14N2OS2/c1-9-5-3-4-6-11(9)10(2)17-14(18)13-12(7-8-20-13)16-15(17)19/h3-8,10H,1-2H3,(H,16,19). The molecule has 0 aliphatic rings. The van der Waals surface area contributed by atoms with Gasteiger partial charge in [-0.05, 0) is 48.6 Å². The van der Waals surface area contributed by atoms with Crippen molar-refractivity contribution < 1.29 is 0 Å². The van der Waals surface area contributed by atoms with E-state index in [-0.39, 0.29) is 11.6 Å². The number of H-pyrrole nitrogens is 1. The topological polar surface area (TPSA) is 37.8 Å². The quantitative estimate of drug-likeness (QED) is 0.726. The Hall–Kier alpha value is -1.72. The van der Waals surface area contributed by atoms with Gasteiger partial charge in [-0.3, -0.25) is 9.36 Å². The number of aromatic nitrogens is 2. The summed E-state index contributed by atoms with van der Waals surface area (Å²) in [6.45, 7) is 4.06. The fourth-order valence-electron chi connectivity index (χ4n) is 2.50. The number of fused-ring (bicyclic) bond motifs is 1. The van der Waals surface area contributed by atoms with Crippen molar-refractivity contribution >= 4 is 33.8 Å². The van der Waals surface area contributed by atoms with Crippen LogP contribution in [0.3, 0.4) is 0 Å². The summed E-state index contributed by atoms with van der Waals surface area (Å²) in [6.07, 6.45) is 0. The van der Waals surface area contributed by atoms with Gasteiger partial charge in [-0.1, -0.05) is 24.3 Å². The minimum atomic E-state index is -0.0843. The van der Waals surface area contributed by atoms with Gasteiger partial charge >= 0.3 is 0 Å². The fourth-order valence-corrected chi connectivity index (χ4v) is 3.63. The minimum absolute atomic E-state index is 0.0190. The van der Waals surface area contributed by atoms with Crippen LogP contribution in [0, 0.1) is 11.7 Å². The molecule has 1 atom stereocenters. The van der Waals surface area contributed by atoms with Crippen molar-refractivity contribution in [1.29, 1.82) is 0 Å². The van der Waals surface area contributed by atoms with Crippen LogP contribution in [-0.4, -0.2) is 9.55 Å². The number of nitrogens with one attached hydrogen (secondary N) is 1. The van der Waals surface area contributed by atoms with Gasteiger partial charge in [0.1, 0.15) is 4.70 Å². The van der Waals surface area contributed by atoms with E-state index in [1.54, 1.807) is 4.57 Å². The number of aromatic amines is 1. The Morgan fingerprint density at radius 2 is 2.05 bits per heavy atom. The van der Waals surface area contributed by atoms with Crippen molar-refractivity contribution in [3.63, 3.8) is 0 Å². The zero-order chi connectivity index (χ0) is 14.3. The second-order valence-corrected chi connectivity index (χ2v) is 6.10. The summed E-state index contributed by atoms with van der Waals surface area (Å²) in [4.78, 5) is 15.8. The molecule has 5 heteroatoms. The molecule has 20 heavy (non-hydrogen) atoms. The third kappa shape index (κ3) is 2.03. The maximum atomic E-state index is 12.6. The largest absolute Gasteiger partial charge is 0.331 e. The lowest BCUT2D eigenvalue weighted by Crippen LogP contribution is -2.25. The Morgan fingerprint density at radius 3 is 2.80 bits per heavy atom. The van der Waals surface area contributed by atoms with E-state index in [4.69, 9.17) is 12.2 Å². The summed E-state index contributed by atoms with van der Waals surface area (Å²) < 4.78 is 2.85. The number of aryl methyl sites for hydroxylation is 1. The zero-order valence-electron chi connectivity index (χ0n) is 11.2. The van der Waals surface area contributed by atoms with Crippen LogP contribution >= 0.6 is 23.6 Å². The van der Waals surface area contributed by atoms with Gasteiger partial charge in [0.15, 0.2) is 4.77 Å². The highest BCUT2D eigenvalue weighted by Gasteiger charge is 2.15. The van der Waals surface area contributed by atoms with E-state index in [0.29, 0.717) is 4.77 Å². The van der Waals surface area contributed by atoms with Crippen molar-refractivity contribution in [3.8, 4) is 0 Å². The molecule has 0 fully saturated rings. The molecule has 2 heterocycles. The highest BCUT2D eigenvalue weighted by atomic mass is 32.1. The smallest absolute Gasteiger partial charge is 0.272 e. The number of hydrogen-bond acceptors (Lipinski definition) is 3. The normalized spacial score (nSPS) is 12.7. The molecule has 0 aliphatic carbocycles. The molecule has 1 unspecified atom stereocenters. The van der Waals surface area contributed by atoms with E-state index in [1.165, 1.54) is 11.3 Å². The van der Waals surface area contributed by atoms with E-state index in [9.17, 15) is 4.79 Å². The van der Waals surface area contributed by atoms with Crippen LogP contribution in [0.15, 0.2) is 40.5 Å². The van der Waals surface area contributed by atoms with Crippen LogP contribution in [0.5, 0.6) is 0 Å². The van der Waals surface area contributed by atoms with Crippen molar-refractivity contribution in [3.05, 3.63) is 62.0 Å². The molecule has 2 aromatic heterocycles.